The molecule has 2 aromatic carbocycles. The molecule has 0 saturated heterocycles. The number of amides is 1. The van der Waals surface area contributed by atoms with Crippen molar-refractivity contribution in [2.45, 2.75) is 39.3 Å². The van der Waals surface area contributed by atoms with Crippen LogP contribution >= 0.6 is 28.1 Å². The van der Waals surface area contributed by atoms with Crippen molar-refractivity contribution in [3.05, 3.63) is 81.2 Å². The minimum absolute atomic E-state index is 0.0274. The van der Waals surface area contributed by atoms with Crippen LogP contribution in [0.2, 0.25) is 0 Å². The van der Waals surface area contributed by atoms with E-state index in [0.29, 0.717) is 22.6 Å². The maximum absolute atomic E-state index is 14.8. The van der Waals surface area contributed by atoms with Gasteiger partial charge in [-0.3, -0.25) is 10.1 Å². The zero-order chi connectivity index (χ0) is 24.3. The third-order valence-electron chi connectivity index (χ3n) is 5.15. The molecule has 0 aliphatic rings. The molecule has 1 heterocycles. The Morgan fingerprint density at radius 3 is 2.52 bits per heavy atom. The summed E-state index contributed by atoms with van der Waals surface area (Å²) in [5.41, 5.74) is 1.38. The fraction of sp³-hybridized carbons (Fsp3) is 0.261. The van der Waals surface area contributed by atoms with Gasteiger partial charge in [0.1, 0.15) is 17.4 Å². The van der Waals surface area contributed by atoms with Crippen LogP contribution in [0.25, 0.3) is 0 Å². The Labute approximate surface area is 203 Å². The fourth-order valence-corrected chi connectivity index (χ4v) is 4.28. The van der Waals surface area contributed by atoms with Crippen molar-refractivity contribution in [1.29, 1.82) is 0 Å². The van der Waals surface area contributed by atoms with E-state index in [0.717, 1.165) is 6.07 Å². The molecule has 3 aromatic rings. The quantitative estimate of drug-likeness (QED) is 0.325. The topological polar surface area (TPSA) is 78.6 Å². The summed E-state index contributed by atoms with van der Waals surface area (Å²) >= 11 is 8.52. The second-order valence-corrected chi connectivity index (χ2v) is 8.79. The van der Waals surface area contributed by atoms with Gasteiger partial charge in [0, 0.05) is 23.2 Å². The number of aliphatic hydroxyl groups is 1. The summed E-state index contributed by atoms with van der Waals surface area (Å²) in [6, 6.07) is 9.76. The second kappa shape index (κ2) is 10.5. The third kappa shape index (κ3) is 5.63. The highest BCUT2D eigenvalue weighted by Crippen LogP contribution is 2.32. The Kier molecular flexibility index (Phi) is 7.93. The number of carbonyl (C=O) groups excluding carboxylic acids is 1. The number of aryl methyl sites for hydroxylation is 2. The van der Waals surface area contributed by atoms with Crippen LogP contribution in [-0.4, -0.2) is 27.3 Å². The zero-order valence-electron chi connectivity index (χ0n) is 18.1. The summed E-state index contributed by atoms with van der Waals surface area (Å²) in [7, 11) is 0. The summed E-state index contributed by atoms with van der Waals surface area (Å²) in [5, 5.41) is 17.2. The number of anilines is 1. The molecule has 0 radical (unpaired) electrons. The van der Waals surface area contributed by atoms with E-state index in [4.69, 9.17) is 16.7 Å². The minimum atomic E-state index is -0.992. The third-order valence-corrected chi connectivity index (χ3v) is 6.06. The molecule has 0 bridgehead atoms. The van der Waals surface area contributed by atoms with Gasteiger partial charge in [0.2, 0.25) is 0 Å². The van der Waals surface area contributed by atoms with Crippen LogP contribution in [0.3, 0.4) is 0 Å². The highest BCUT2D eigenvalue weighted by Gasteiger charge is 2.29. The number of aliphatic hydroxyl groups excluding tert-OH is 1. The van der Waals surface area contributed by atoms with Gasteiger partial charge in [-0.25, -0.2) is 8.78 Å². The van der Waals surface area contributed by atoms with Crippen molar-refractivity contribution >= 4 is 44.9 Å². The van der Waals surface area contributed by atoms with E-state index >= 15 is 0 Å². The average Bonchev–Trinajstić information content (AvgIpc) is 3.10. The predicted octanol–water partition coefficient (Wildman–Crippen LogP) is 5.37. The highest BCUT2D eigenvalue weighted by molar-refractivity contribution is 9.10. The van der Waals surface area contributed by atoms with Crippen molar-refractivity contribution in [1.82, 2.24) is 10.5 Å². The molecular weight excluding hydrogens is 516 g/mol. The van der Waals surface area contributed by atoms with E-state index in [1.807, 2.05) is 0 Å². The number of halogens is 3. The maximum atomic E-state index is 14.8. The van der Waals surface area contributed by atoms with Gasteiger partial charge < -0.3 is 14.5 Å². The molecule has 0 fully saturated rings. The molecule has 2 unspecified atom stereocenters. The van der Waals surface area contributed by atoms with Crippen LogP contribution in [-0.2, 0) is 0 Å². The van der Waals surface area contributed by atoms with E-state index < -0.39 is 29.7 Å². The number of nitrogens with zero attached hydrogens (tertiary/aromatic N) is 2. The van der Waals surface area contributed by atoms with Gasteiger partial charge >= 0.3 is 0 Å². The molecule has 1 amide bonds. The van der Waals surface area contributed by atoms with Crippen LogP contribution in [0, 0.1) is 25.5 Å². The summed E-state index contributed by atoms with van der Waals surface area (Å²) in [6.45, 7) is 5.10. The number of hydrogen-bond donors (Lipinski definition) is 2. The van der Waals surface area contributed by atoms with E-state index in [2.05, 4.69) is 26.4 Å². The standard InChI is InChI=1S/C23H22BrF2N3O3S/c1-12(9-20(30)21-13(2)28-32-14(21)3)29(19-10-16(24)17(25)11-18(19)26)23(33)27-22(31)15-7-5-4-6-8-15/h4-8,10-12,20,30H,9H2,1-3H3,(H,27,31,33). The van der Waals surface area contributed by atoms with Crippen LogP contribution in [0.1, 0.15) is 46.8 Å². The van der Waals surface area contributed by atoms with E-state index in [9.17, 15) is 18.7 Å². The van der Waals surface area contributed by atoms with E-state index in [1.54, 1.807) is 51.1 Å². The lowest BCUT2D eigenvalue weighted by Gasteiger charge is -2.33. The van der Waals surface area contributed by atoms with Crippen LogP contribution in [0.15, 0.2) is 51.5 Å². The summed E-state index contributed by atoms with van der Waals surface area (Å²) in [5.74, 6) is -1.66. The molecule has 2 atom stereocenters. The van der Waals surface area contributed by atoms with Crippen molar-refractivity contribution in [2.24, 2.45) is 0 Å². The molecule has 174 valence electrons. The van der Waals surface area contributed by atoms with E-state index in [1.165, 1.54) is 11.0 Å². The smallest absolute Gasteiger partial charge is 0.257 e. The molecule has 0 aliphatic heterocycles. The van der Waals surface area contributed by atoms with E-state index in [-0.39, 0.29) is 21.7 Å². The zero-order valence-corrected chi connectivity index (χ0v) is 20.5. The first kappa shape index (κ1) is 24.9. The van der Waals surface area contributed by atoms with Crippen molar-refractivity contribution in [3.63, 3.8) is 0 Å². The van der Waals surface area contributed by atoms with Crippen LogP contribution in [0.4, 0.5) is 14.5 Å². The molecule has 0 aliphatic carbocycles. The fourth-order valence-electron chi connectivity index (χ4n) is 3.57. The Hall–Kier alpha value is -2.69. The number of benzene rings is 2. The van der Waals surface area contributed by atoms with Gasteiger partial charge in [-0.15, -0.1) is 0 Å². The van der Waals surface area contributed by atoms with Crippen molar-refractivity contribution < 1.29 is 23.2 Å². The average molecular weight is 538 g/mol. The molecule has 33 heavy (non-hydrogen) atoms. The first-order chi connectivity index (χ1) is 15.6. The number of rotatable bonds is 6. The number of thiocarbonyl (C=S) groups is 1. The minimum Gasteiger partial charge on any atom is -0.388 e. The first-order valence-electron chi connectivity index (χ1n) is 10.0. The largest absolute Gasteiger partial charge is 0.388 e. The molecule has 3 rings (SSSR count). The number of hydrogen-bond acceptors (Lipinski definition) is 5. The number of carbonyl (C=O) groups is 1. The van der Waals surface area contributed by atoms with Gasteiger partial charge in [0.25, 0.3) is 5.91 Å². The normalized spacial score (nSPS) is 12.8. The lowest BCUT2D eigenvalue weighted by atomic mass is 10.0. The van der Waals surface area contributed by atoms with Crippen LogP contribution < -0.4 is 10.2 Å². The Balaban J connectivity index is 1.93. The number of aromatic nitrogens is 1. The molecule has 10 heteroatoms. The van der Waals surface area contributed by atoms with Gasteiger partial charge in [-0.1, -0.05) is 23.4 Å². The first-order valence-corrected chi connectivity index (χ1v) is 11.2. The molecule has 0 spiro atoms. The van der Waals surface area contributed by atoms with Gasteiger partial charge in [0.15, 0.2) is 5.11 Å². The summed E-state index contributed by atoms with van der Waals surface area (Å²) in [4.78, 5) is 14.0. The number of nitrogens with one attached hydrogen (secondary N) is 1. The van der Waals surface area contributed by atoms with Crippen molar-refractivity contribution in [2.75, 3.05) is 4.90 Å². The Morgan fingerprint density at radius 2 is 1.91 bits per heavy atom. The highest BCUT2D eigenvalue weighted by atomic mass is 79.9. The summed E-state index contributed by atoms with van der Waals surface area (Å²) < 4.78 is 33.9. The molecule has 1 aromatic heterocycles. The monoisotopic (exact) mass is 537 g/mol. The molecule has 6 nitrogen and oxygen atoms in total. The van der Waals surface area contributed by atoms with Gasteiger partial charge in [-0.2, -0.15) is 0 Å². The maximum Gasteiger partial charge on any atom is 0.257 e. The Morgan fingerprint density at radius 1 is 1.24 bits per heavy atom. The molecular formula is C23H22BrF2N3O3S. The lowest BCUT2D eigenvalue weighted by Crippen LogP contribution is -2.48. The predicted molar refractivity (Wildman–Crippen MR) is 128 cm³/mol. The SMILES string of the molecule is Cc1noc(C)c1C(O)CC(C)N(C(=S)NC(=O)c1ccccc1)c1cc(Br)c(F)cc1F. The van der Waals surface area contributed by atoms with Crippen LogP contribution in [0.5, 0.6) is 0 Å². The molecule has 0 saturated carbocycles. The molecule has 2 N–H and O–H groups in total. The lowest BCUT2D eigenvalue weighted by molar-refractivity contribution is 0.0977. The van der Waals surface area contributed by atoms with Crippen molar-refractivity contribution in [3.8, 4) is 0 Å². The van der Waals surface area contributed by atoms with Gasteiger partial charge in [-0.05, 0) is 73.5 Å². The van der Waals surface area contributed by atoms with Gasteiger partial charge in [0.05, 0.1) is 22.0 Å². The summed E-state index contributed by atoms with van der Waals surface area (Å²) in [6.07, 6.45) is -0.896. The Bertz CT molecular complexity index is 1150. The second-order valence-electron chi connectivity index (χ2n) is 7.55.